The van der Waals surface area contributed by atoms with E-state index in [2.05, 4.69) is 44.8 Å². The highest BCUT2D eigenvalue weighted by atomic mass is 28.4. The van der Waals surface area contributed by atoms with E-state index in [1.54, 1.807) is 6.92 Å². The van der Waals surface area contributed by atoms with Crippen LogP contribution in [0.1, 0.15) is 39.0 Å². The highest BCUT2D eigenvalue weighted by Gasteiger charge is 2.50. The molecule has 0 spiro atoms. The summed E-state index contributed by atoms with van der Waals surface area (Å²) in [6, 6.07) is 0. The van der Waals surface area contributed by atoms with Crippen LogP contribution in [-0.2, 0) is 9.16 Å². The molecule has 144 valence electrons. The zero-order valence-corrected chi connectivity index (χ0v) is 17.3. The molecule has 1 fully saturated rings. The van der Waals surface area contributed by atoms with Crippen LogP contribution in [0.15, 0.2) is 15.8 Å². The Hall–Kier alpha value is -1.66. The second-order valence-electron chi connectivity index (χ2n) is 8.39. The maximum Gasteiger partial charge on any atom is 0.330 e. The molecule has 0 unspecified atom stereocenters. The molecule has 1 aromatic rings. The minimum atomic E-state index is -2.10. The number of aromatic nitrogens is 2. The van der Waals surface area contributed by atoms with Crippen molar-refractivity contribution in [3.05, 3.63) is 32.6 Å². The number of aliphatic hydroxyl groups is 1. The van der Waals surface area contributed by atoms with Crippen LogP contribution in [0, 0.1) is 19.3 Å². The number of rotatable bonds is 4. The Labute approximate surface area is 154 Å². The van der Waals surface area contributed by atoms with E-state index in [1.807, 2.05) is 0 Å². The van der Waals surface area contributed by atoms with Crippen molar-refractivity contribution in [2.45, 2.75) is 70.2 Å². The number of aromatic amines is 1. The van der Waals surface area contributed by atoms with Gasteiger partial charge in [-0.25, -0.2) is 4.79 Å². The lowest BCUT2D eigenvalue weighted by molar-refractivity contribution is -0.0885. The van der Waals surface area contributed by atoms with E-state index in [0.717, 1.165) is 0 Å². The Balaban J connectivity index is 2.28. The molecular weight excluding hydrogens is 352 g/mol. The summed E-state index contributed by atoms with van der Waals surface area (Å²) in [5.74, 6) is 2.53. The Kier molecular flexibility index (Phi) is 5.41. The normalized spacial score (nSPS) is 26.7. The topological polar surface area (TPSA) is 93.5 Å². The molecule has 8 heteroatoms. The van der Waals surface area contributed by atoms with Crippen molar-refractivity contribution in [3.8, 4) is 12.3 Å². The Morgan fingerprint density at radius 2 is 2.12 bits per heavy atom. The summed E-state index contributed by atoms with van der Waals surface area (Å²) in [7, 11) is -2.10. The Morgan fingerprint density at radius 1 is 1.50 bits per heavy atom. The van der Waals surface area contributed by atoms with Crippen LogP contribution in [0.3, 0.4) is 0 Å². The van der Waals surface area contributed by atoms with E-state index in [9.17, 15) is 14.7 Å². The largest absolute Gasteiger partial charge is 0.413 e. The number of nitrogens with zero attached hydrogens (tertiary/aromatic N) is 1. The Morgan fingerprint density at radius 3 is 2.65 bits per heavy atom. The lowest BCUT2D eigenvalue weighted by Gasteiger charge is -2.39. The summed E-state index contributed by atoms with van der Waals surface area (Å²) < 4.78 is 13.4. The number of aryl methyl sites for hydroxylation is 1. The van der Waals surface area contributed by atoms with Gasteiger partial charge in [-0.15, -0.1) is 6.42 Å². The SMILES string of the molecule is C#C[C@]1(CO[Si](C)(C)C(C)(C)C)O[C@H](n2cc(C)c(=O)[nH]c2=O)C[C@@H]1O. The molecule has 0 aliphatic carbocycles. The first-order valence-electron chi connectivity index (χ1n) is 8.63. The van der Waals surface area contributed by atoms with E-state index < -0.39 is 37.5 Å². The van der Waals surface area contributed by atoms with Gasteiger partial charge in [-0.1, -0.05) is 26.7 Å². The van der Waals surface area contributed by atoms with Crippen LogP contribution in [0.2, 0.25) is 18.1 Å². The summed E-state index contributed by atoms with van der Waals surface area (Å²) in [5.41, 5.74) is -2.01. The number of hydrogen-bond acceptors (Lipinski definition) is 5. The fourth-order valence-corrected chi connectivity index (χ4v) is 3.54. The van der Waals surface area contributed by atoms with Crippen molar-refractivity contribution in [1.29, 1.82) is 0 Å². The first-order chi connectivity index (χ1) is 11.8. The van der Waals surface area contributed by atoms with Crippen molar-refractivity contribution < 1.29 is 14.3 Å². The molecule has 0 radical (unpaired) electrons. The molecule has 0 aromatic carbocycles. The summed E-state index contributed by atoms with van der Waals surface area (Å²) in [4.78, 5) is 25.9. The van der Waals surface area contributed by atoms with Crippen molar-refractivity contribution in [1.82, 2.24) is 9.55 Å². The van der Waals surface area contributed by atoms with Gasteiger partial charge in [0, 0.05) is 18.2 Å². The maximum atomic E-state index is 12.1. The van der Waals surface area contributed by atoms with Gasteiger partial charge in [-0.3, -0.25) is 14.3 Å². The third-order valence-corrected chi connectivity index (χ3v) is 9.94. The van der Waals surface area contributed by atoms with E-state index in [4.69, 9.17) is 15.6 Å². The van der Waals surface area contributed by atoms with Gasteiger partial charge in [0.15, 0.2) is 13.9 Å². The second-order valence-corrected chi connectivity index (χ2v) is 13.2. The number of hydrogen-bond donors (Lipinski definition) is 2. The van der Waals surface area contributed by atoms with Crippen molar-refractivity contribution in [3.63, 3.8) is 0 Å². The molecule has 7 nitrogen and oxygen atoms in total. The minimum absolute atomic E-state index is 0.0152. The van der Waals surface area contributed by atoms with Gasteiger partial charge < -0.3 is 14.3 Å². The standard InChI is InChI=1S/C18H28N2O5Si/c1-8-18(11-24-26(6,7)17(3,4)5)13(21)9-14(25-18)20-10-12(2)15(22)19-16(20)23/h1,10,13-14,21H,9,11H2,2-7H3,(H,19,22,23)/t13-,14-,18+/m0/s1. The zero-order chi connectivity index (χ0) is 19.9. The molecule has 2 rings (SSSR count). The van der Waals surface area contributed by atoms with E-state index in [1.165, 1.54) is 10.8 Å². The molecule has 0 bridgehead atoms. The highest BCUT2D eigenvalue weighted by molar-refractivity contribution is 6.74. The van der Waals surface area contributed by atoms with E-state index in [0.29, 0.717) is 5.56 Å². The number of ether oxygens (including phenoxy) is 1. The van der Waals surface area contributed by atoms with Gasteiger partial charge in [-0.2, -0.15) is 0 Å². The minimum Gasteiger partial charge on any atom is -0.413 e. The van der Waals surface area contributed by atoms with Gasteiger partial charge >= 0.3 is 5.69 Å². The average Bonchev–Trinajstić information content (AvgIpc) is 2.85. The molecule has 2 heterocycles. The van der Waals surface area contributed by atoms with Crippen LogP contribution in [0.25, 0.3) is 0 Å². The summed E-state index contributed by atoms with van der Waals surface area (Å²) >= 11 is 0. The molecule has 3 atom stereocenters. The van der Waals surface area contributed by atoms with Crippen LogP contribution in [0.5, 0.6) is 0 Å². The number of nitrogens with one attached hydrogen (secondary N) is 1. The predicted octanol–water partition coefficient (Wildman–Crippen LogP) is 1.52. The molecular formula is C18H28N2O5Si. The smallest absolute Gasteiger partial charge is 0.330 e. The summed E-state index contributed by atoms with van der Waals surface area (Å²) in [5, 5.41) is 10.6. The van der Waals surface area contributed by atoms with Crippen molar-refractivity contribution >= 4 is 8.32 Å². The maximum absolute atomic E-state index is 12.1. The van der Waals surface area contributed by atoms with Gasteiger partial charge in [-0.05, 0) is 25.1 Å². The molecule has 2 N–H and O–H groups in total. The van der Waals surface area contributed by atoms with Gasteiger partial charge in [0.05, 0.1) is 6.61 Å². The number of H-pyrrole nitrogens is 1. The van der Waals surface area contributed by atoms with E-state index in [-0.39, 0.29) is 18.1 Å². The van der Waals surface area contributed by atoms with Crippen molar-refractivity contribution in [2.75, 3.05) is 6.61 Å². The van der Waals surface area contributed by atoms with Crippen LogP contribution in [0.4, 0.5) is 0 Å². The Bertz CT molecular complexity index is 830. The van der Waals surface area contributed by atoms with Crippen LogP contribution < -0.4 is 11.2 Å². The zero-order valence-electron chi connectivity index (χ0n) is 16.3. The first-order valence-corrected chi connectivity index (χ1v) is 11.5. The molecule has 26 heavy (non-hydrogen) atoms. The third kappa shape index (κ3) is 3.71. The predicted molar refractivity (Wildman–Crippen MR) is 102 cm³/mol. The fraction of sp³-hybridized carbons (Fsp3) is 0.667. The highest BCUT2D eigenvalue weighted by Crippen LogP contribution is 2.40. The van der Waals surface area contributed by atoms with Gasteiger partial charge in [0.1, 0.15) is 12.3 Å². The molecule has 0 saturated carbocycles. The first kappa shape index (κ1) is 20.6. The van der Waals surface area contributed by atoms with Crippen LogP contribution in [-0.4, -0.2) is 41.3 Å². The van der Waals surface area contributed by atoms with Crippen LogP contribution >= 0.6 is 0 Å². The molecule has 1 aromatic heterocycles. The monoisotopic (exact) mass is 380 g/mol. The molecule has 1 aliphatic heterocycles. The quantitative estimate of drug-likeness (QED) is 0.610. The molecule has 0 amide bonds. The lowest BCUT2D eigenvalue weighted by Crippen LogP contribution is -2.49. The third-order valence-electron chi connectivity index (χ3n) is 5.46. The van der Waals surface area contributed by atoms with Gasteiger partial charge in [0.25, 0.3) is 5.56 Å². The molecule has 1 saturated heterocycles. The average molecular weight is 381 g/mol. The second kappa shape index (κ2) is 6.81. The summed E-state index contributed by atoms with van der Waals surface area (Å²) in [6.07, 6.45) is 5.48. The van der Waals surface area contributed by atoms with E-state index >= 15 is 0 Å². The molecule has 1 aliphatic rings. The van der Waals surface area contributed by atoms with Gasteiger partial charge in [0.2, 0.25) is 0 Å². The van der Waals surface area contributed by atoms with Crippen molar-refractivity contribution in [2.24, 2.45) is 0 Å². The summed E-state index contributed by atoms with van der Waals surface area (Å²) in [6.45, 7) is 12.2. The lowest BCUT2D eigenvalue weighted by atomic mass is 9.99. The number of aliphatic hydroxyl groups excluding tert-OH is 1. The number of terminal acetylenes is 1. The fourth-order valence-electron chi connectivity index (χ4n) is 2.53.